The average Bonchev–Trinajstić information content (AvgIpc) is 3.01. The van der Waals surface area contributed by atoms with Crippen LogP contribution in [0.4, 0.5) is 0 Å². The minimum absolute atomic E-state index is 0.338. The number of ether oxygens (including phenoxy) is 2. The number of benzene rings is 1. The standard InChI is InChI=1S/C12H16O2/c1-2-5-10-6-3-4-7-12(10)14-9-11-8-13-11/h3-4,6-7,11H,2,5,8-9H2,1H3. The van der Waals surface area contributed by atoms with Crippen molar-refractivity contribution in [1.29, 1.82) is 0 Å². The van der Waals surface area contributed by atoms with Crippen LogP contribution >= 0.6 is 0 Å². The van der Waals surface area contributed by atoms with Crippen molar-refractivity contribution in [3.05, 3.63) is 29.8 Å². The topological polar surface area (TPSA) is 21.8 Å². The van der Waals surface area contributed by atoms with Crippen LogP contribution in [0.1, 0.15) is 18.9 Å². The van der Waals surface area contributed by atoms with E-state index in [1.807, 2.05) is 12.1 Å². The van der Waals surface area contributed by atoms with E-state index in [1.54, 1.807) is 0 Å². The van der Waals surface area contributed by atoms with Gasteiger partial charge in [0.2, 0.25) is 0 Å². The van der Waals surface area contributed by atoms with Crippen LogP contribution < -0.4 is 4.74 Å². The van der Waals surface area contributed by atoms with Gasteiger partial charge in [-0.25, -0.2) is 0 Å². The van der Waals surface area contributed by atoms with Gasteiger partial charge in [0.1, 0.15) is 18.5 Å². The molecule has 1 atom stereocenters. The Morgan fingerprint density at radius 2 is 2.21 bits per heavy atom. The molecular weight excluding hydrogens is 176 g/mol. The Bertz CT molecular complexity index is 292. The van der Waals surface area contributed by atoms with E-state index >= 15 is 0 Å². The van der Waals surface area contributed by atoms with E-state index in [4.69, 9.17) is 9.47 Å². The molecule has 0 aliphatic carbocycles. The summed E-state index contributed by atoms with van der Waals surface area (Å²) in [6.07, 6.45) is 2.58. The number of hydrogen-bond donors (Lipinski definition) is 0. The van der Waals surface area contributed by atoms with Crippen molar-refractivity contribution in [3.63, 3.8) is 0 Å². The van der Waals surface area contributed by atoms with Gasteiger partial charge in [-0.05, 0) is 18.1 Å². The summed E-state index contributed by atoms with van der Waals surface area (Å²) in [4.78, 5) is 0. The summed E-state index contributed by atoms with van der Waals surface area (Å²) >= 11 is 0. The maximum Gasteiger partial charge on any atom is 0.122 e. The van der Waals surface area contributed by atoms with Crippen LogP contribution in [0.2, 0.25) is 0 Å². The fourth-order valence-electron chi connectivity index (χ4n) is 1.47. The number of hydrogen-bond acceptors (Lipinski definition) is 2. The normalized spacial score (nSPS) is 19.4. The van der Waals surface area contributed by atoms with Gasteiger partial charge in [0.15, 0.2) is 0 Å². The Balaban J connectivity index is 1.97. The molecule has 1 aromatic carbocycles. The first-order chi connectivity index (χ1) is 6.90. The summed E-state index contributed by atoms with van der Waals surface area (Å²) in [6, 6.07) is 8.24. The van der Waals surface area contributed by atoms with Gasteiger partial charge in [0.25, 0.3) is 0 Å². The van der Waals surface area contributed by atoms with E-state index < -0.39 is 0 Å². The summed E-state index contributed by atoms with van der Waals surface area (Å²) in [7, 11) is 0. The predicted molar refractivity (Wildman–Crippen MR) is 55.7 cm³/mol. The van der Waals surface area contributed by atoms with Crippen LogP contribution in [0.5, 0.6) is 5.75 Å². The second-order valence-electron chi connectivity index (χ2n) is 3.62. The van der Waals surface area contributed by atoms with Crippen molar-refractivity contribution < 1.29 is 9.47 Å². The van der Waals surface area contributed by atoms with Crippen LogP contribution in [0.25, 0.3) is 0 Å². The summed E-state index contributed by atoms with van der Waals surface area (Å²) in [6.45, 7) is 3.73. The second kappa shape index (κ2) is 4.47. The highest BCUT2D eigenvalue weighted by molar-refractivity contribution is 5.33. The van der Waals surface area contributed by atoms with Crippen molar-refractivity contribution in [3.8, 4) is 5.75 Å². The zero-order valence-electron chi connectivity index (χ0n) is 8.53. The predicted octanol–water partition coefficient (Wildman–Crippen LogP) is 2.42. The number of epoxide rings is 1. The third-order valence-corrected chi connectivity index (χ3v) is 2.32. The Morgan fingerprint density at radius 1 is 1.43 bits per heavy atom. The van der Waals surface area contributed by atoms with Crippen LogP contribution in [0, 0.1) is 0 Å². The number of aryl methyl sites for hydroxylation is 1. The molecule has 2 rings (SSSR count). The van der Waals surface area contributed by atoms with Gasteiger partial charge in [-0.2, -0.15) is 0 Å². The van der Waals surface area contributed by atoms with E-state index in [-0.39, 0.29) is 0 Å². The van der Waals surface area contributed by atoms with Gasteiger partial charge in [0, 0.05) is 0 Å². The molecule has 0 amide bonds. The molecule has 0 bridgehead atoms. The van der Waals surface area contributed by atoms with Crippen molar-refractivity contribution in [2.45, 2.75) is 25.9 Å². The van der Waals surface area contributed by atoms with Crippen molar-refractivity contribution in [2.75, 3.05) is 13.2 Å². The quantitative estimate of drug-likeness (QED) is 0.668. The average molecular weight is 192 g/mol. The first-order valence-electron chi connectivity index (χ1n) is 5.22. The molecule has 14 heavy (non-hydrogen) atoms. The third-order valence-electron chi connectivity index (χ3n) is 2.32. The molecule has 1 heterocycles. The lowest BCUT2D eigenvalue weighted by atomic mass is 10.1. The fraction of sp³-hybridized carbons (Fsp3) is 0.500. The molecule has 1 aliphatic rings. The maximum atomic E-state index is 5.69. The van der Waals surface area contributed by atoms with Crippen molar-refractivity contribution in [1.82, 2.24) is 0 Å². The third kappa shape index (κ3) is 2.48. The lowest BCUT2D eigenvalue weighted by Crippen LogP contribution is -2.05. The first kappa shape index (κ1) is 9.53. The van der Waals surface area contributed by atoms with Crippen LogP contribution in [-0.4, -0.2) is 19.3 Å². The Kier molecular flexibility index (Phi) is 3.04. The molecule has 1 fully saturated rings. The maximum absolute atomic E-state index is 5.69. The highest BCUT2D eigenvalue weighted by Crippen LogP contribution is 2.21. The minimum atomic E-state index is 0.338. The summed E-state index contributed by atoms with van der Waals surface area (Å²) < 4.78 is 10.8. The van der Waals surface area contributed by atoms with E-state index in [0.717, 1.165) is 25.2 Å². The largest absolute Gasteiger partial charge is 0.491 e. The molecule has 1 saturated heterocycles. The summed E-state index contributed by atoms with van der Waals surface area (Å²) in [5.41, 5.74) is 1.30. The fourth-order valence-corrected chi connectivity index (χ4v) is 1.47. The molecule has 76 valence electrons. The molecule has 1 aliphatic heterocycles. The summed E-state index contributed by atoms with van der Waals surface area (Å²) in [5, 5.41) is 0. The zero-order chi connectivity index (χ0) is 9.80. The SMILES string of the molecule is CCCc1ccccc1OCC1CO1. The van der Waals surface area contributed by atoms with Gasteiger partial charge < -0.3 is 9.47 Å². The van der Waals surface area contributed by atoms with E-state index in [1.165, 1.54) is 5.56 Å². The van der Waals surface area contributed by atoms with Crippen molar-refractivity contribution in [2.24, 2.45) is 0 Å². The second-order valence-corrected chi connectivity index (χ2v) is 3.62. The molecule has 0 saturated carbocycles. The molecule has 0 aromatic heterocycles. The first-order valence-corrected chi connectivity index (χ1v) is 5.22. The minimum Gasteiger partial charge on any atom is -0.491 e. The molecule has 1 aromatic rings. The van der Waals surface area contributed by atoms with Gasteiger partial charge in [-0.3, -0.25) is 0 Å². The van der Waals surface area contributed by atoms with Gasteiger partial charge >= 0.3 is 0 Å². The van der Waals surface area contributed by atoms with Gasteiger partial charge in [0.05, 0.1) is 6.61 Å². The Labute approximate surface area is 84.8 Å². The van der Waals surface area contributed by atoms with E-state index in [2.05, 4.69) is 19.1 Å². The molecule has 0 radical (unpaired) electrons. The number of para-hydroxylation sites is 1. The molecule has 2 nitrogen and oxygen atoms in total. The van der Waals surface area contributed by atoms with E-state index in [9.17, 15) is 0 Å². The van der Waals surface area contributed by atoms with E-state index in [0.29, 0.717) is 12.7 Å². The molecule has 2 heteroatoms. The number of rotatable bonds is 5. The molecule has 0 spiro atoms. The lowest BCUT2D eigenvalue weighted by Gasteiger charge is -2.09. The Morgan fingerprint density at radius 3 is 2.93 bits per heavy atom. The van der Waals surface area contributed by atoms with Crippen LogP contribution in [0.3, 0.4) is 0 Å². The van der Waals surface area contributed by atoms with Gasteiger partial charge in [-0.1, -0.05) is 31.5 Å². The molecular formula is C12H16O2. The van der Waals surface area contributed by atoms with Gasteiger partial charge in [-0.15, -0.1) is 0 Å². The van der Waals surface area contributed by atoms with Crippen LogP contribution in [0.15, 0.2) is 24.3 Å². The lowest BCUT2D eigenvalue weighted by molar-refractivity contribution is 0.261. The molecule has 1 unspecified atom stereocenters. The monoisotopic (exact) mass is 192 g/mol. The molecule has 0 N–H and O–H groups in total. The highest BCUT2D eigenvalue weighted by atomic mass is 16.6. The summed E-state index contributed by atoms with van der Waals surface area (Å²) in [5.74, 6) is 1.02. The van der Waals surface area contributed by atoms with Crippen LogP contribution in [-0.2, 0) is 11.2 Å². The Hall–Kier alpha value is -1.02. The van der Waals surface area contributed by atoms with Crippen molar-refractivity contribution >= 4 is 0 Å². The highest BCUT2D eigenvalue weighted by Gasteiger charge is 2.23. The zero-order valence-corrected chi connectivity index (χ0v) is 8.53. The smallest absolute Gasteiger partial charge is 0.122 e.